The lowest BCUT2D eigenvalue weighted by atomic mass is 10.2. The predicted molar refractivity (Wildman–Crippen MR) is 169 cm³/mol. The van der Waals surface area contributed by atoms with Crippen LogP contribution in [-0.4, -0.2) is 50.3 Å². The van der Waals surface area contributed by atoms with Crippen molar-refractivity contribution >= 4 is 71.6 Å². The van der Waals surface area contributed by atoms with Gasteiger partial charge in [0.25, 0.3) is 0 Å². The van der Waals surface area contributed by atoms with E-state index in [0.717, 1.165) is 50.6 Å². The van der Waals surface area contributed by atoms with Crippen LogP contribution in [0.5, 0.6) is 5.75 Å². The van der Waals surface area contributed by atoms with E-state index in [1.807, 2.05) is 37.2 Å². The zero-order chi connectivity index (χ0) is 29.4. The summed E-state index contributed by atoms with van der Waals surface area (Å²) in [7, 11) is 2.91. The van der Waals surface area contributed by atoms with Crippen molar-refractivity contribution in [3.63, 3.8) is 0 Å². The molecule has 3 heterocycles. The van der Waals surface area contributed by atoms with Crippen molar-refractivity contribution in [2.45, 2.75) is 37.6 Å². The van der Waals surface area contributed by atoms with E-state index in [-0.39, 0.29) is 5.02 Å². The molecule has 6 rings (SSSR count). The Labute approximate surface area is 258 Å². The number of rotatable bonds is 12. The molecule has 1 fully saturated rings. The highest BCUT2D eigenvalue weighted by Gasteiger charge is 2.29. The van der Waals surface area contributed by atoms with Gasteiger partial charge in [-0.1, -0.05) is 11.6 Å². The number of nitrogens with zero attached hydrogens (tertiary/aromatic N) is 4. The lowest BCUT2D eigenvalue weighted by Gasteiger charge is -2.10. The van der Waals surface area contributed by atoms with Crippen LogP contribution >= 0.6 is 27.5 Å². The second kappa shape index (κ2) is 12.3. The molecule has 0 radical (unpaired) electrons. The number of ether oxygens (including phenoxy) is 1. The van der Waals surface area contributed by atoms with Gasteiger partial charge < -0.3 is 23.9 Å². The molecule has 1 unspecified atom stereocenters. The van der Waals surface area contributed by atoms with Crippen molar-refractivity contribution < 1.29 is 17.8 Å². The van der Waals surface area contributed by atoms with Gasteiger partial charge in [0.05, 0.1) is 51.0 Å². The molecule has 5 aromatic rings. The first kappa shape index (κ1) is 29.1. The minimum absolute atomic E-state index is 0.0272. The Morgan fingerprint density at radius 1 is 1.19 bits per heavy atom. The molecule has 220 valence electrons. The summed E-state index contributed by atoms with van der Waals surface area (Å²) in [4.78, 5) is 2.03. The molecule has 42 heavy (non-hydrogen) atoms. The minimum Gasteiger partial charge on any atom is -0.492 e. The van der Waals surface area contributed by atoms with E-state index in [4.69, 9.17) is 20.8 Å². The van der Waals surface area contributed by atoms with E-state index >= 15 is 0 Å². The van der Waals surface area contributed by atoms with Gasteiger partial charge in [-0.25, -0.2) is 4.39 Å². The molecule has 3 aromatic heterocycles. The summed E-state index contributed by atoms with van der Waals surface area (Å²) in [5.41, 5.74) is 2.62. The van der Waals surface area contributed by atoms with E-state index in [9.17, 15) is 8.60 Å². The summed E-state index contributed by atoms with van der Waals surface area (Å²) in [6.45, 7) is 1.13. The predicted octanol–water partition coefficient (Wildman–Crippen LogP) is 7.59. The second-order valence-corrected chi connectivity index (χ2v) is 13.5. The largest absolute Gasteiger partial charge is 0.492 e. The number of halogens is 3. The highest BCUT2D eigenvalue weighted by atomic mass is 79.9. The summed E-state index contributed by atoms with van der Waals surface area (Å²) in [5, 5.41) is 13.8. The Morgan fingerprint density at radius 3 is 2.76 bits per heavy atom. The third-order valence-electron chi connectivity index (χ3n) is 7.03. The van der Waals surface area contributed by atoms with E-state index < -0.39 is 16.6 Å². The number of fused-ring (bicyclic) bond motifs is 3. The number of furan rings is 1. The number of hydrogen-bond donors (Lipinski definition) is 1. The van der Waals surface area contributed by atoms with E-state index in [1.54, 1.807) is 12.3 Å². The van der Waals surface area contributed by atoms with Gasteiger partial charge >= 0.3 is 0 Å². The van der Waals surface area contributed by atoms with Crippen LogP contribution in [0.1, 0.15) is 36.8 Å². The molecule has 0 saturated heterocycles. The average molecular weight is 675 g/mol. The number of nitrogens with one attached hydrogen (secondary N) is 1. The molecule has 0 aliphatic heterocycles. The molecule has 8 nitrogen and oxygen atoms in total. The molecule has 0 spiro atoms. The SMILES string of the molecule is CN(C)Cc1ccc(CS(=O)CCCOc2cc3c4c(Nc5ccc(F)c(Cl)c5)nncc4n(C4CC4)c3cc2Br)o1. The Hall–Kier alpha value is -2.99. The molecule has 1 saturated carbocycles. The highest BCUT2D eigenvalue weighted by Crippen LogP contribution is 2.46. The number of hydrogen-bond acceptors (Lipinski definition) is 7. The monoisotopic (exact) mass is 673 g/mol. The molecule has 1 atom stereocenters. The molecular weight excluding hydrogens is 645 g/mol. The molecule has 2 aromatic carbocycles. The summed E-state index contributed by atoms with van der Waals surface area (Å²) in [5.74, 6) is 3.26. The van der Waals surface area contributed by atoms with Crippen LogP contribution < -0.4 is 10.1 Å². The van der Waals surface area contributed by atoms with Crippen LogP contribution in [0.25, 0.3) is 21.8 Å². The van der Waals surface area contributed by atoms with E-state index in [2.05, 4.69) is 42.1 Å². The van der Waals surface area contributed by atoms with Gasteiger partial charge in [-0.2, -0.15) is 5.10 Å². The van der Waals surface area contributed by atoms with Gasteiger partial charge in [-0.15, -0.1) is 5.10 Å². The second-order valence-electron chi connectivity index (χ2n) is 10.7. The molecule has 1 N–H and O–H groups in total. The van der Waals surface area contributed by atoms with Gasteiger partial charge in [0, 0.05) is 33.7 Å². The fraction of sp³-hybridized carbons (Fsp3) is 0.333. The lowest BCUT2D eigenvalue weighted by molar-refractivity contribution is 0.316. The first-order valence-electron chi connectivity index (χ1n) is 13.7. The fourth-order valence-corrected chi connectivity index (χ4v) is 6.74. The van der Waals surface area contributed by atoms with Crippen molar-refractivity contribution in [3.8, 4) is 5.75 Å². The summed E-state index contributed by atoms with van der Waals surface area (Å²) in [6, 6.07) is 12.8. The van der Waals surface area contributed by atoms with Gasteiger partial charge in [0.1, 0.15) is 23.1 Å². The quantitative estimate of drug-likeness (QED) is 0.137. The minimum atomic E-state index is -1.05. The topological polar surface area (TPSA) is 85.4 Å². The molecule has 0 bridgehead atoms. The molecule has 0 amide bonds. The van der Waals surface area contributed by atoms with E-state index in [0.29, 0.717) is 54.4 Å². The standard InChI is InChI=1S/C30H30BrClFN5O3S/c1-37(2)16-20-7-8-21(41-20)17-42(39)11-3-10-40-28-13-22-26(14-23(28)31)38(19-5-6-19)27-15-34-36-30(29(22)27)35-18-4-9-25(33)24(32)12-18/h4,7-9,12-15,19H,3,5-6,10-11,16-17H2,1-2H3,(H,35,36). The fourth-order valence-electron chi connectivity index (χ4n) is 5.06. The first-order valence-corrected chi connectivity index (χ1v) is 16.3. The zero-order valence-electron chi connectivity index (χ0n) is 23.2. The van der Waals surface area contributed by atoms with Gasteiger partial charge in [-0.3, -0.25) is 4.21 Å². The van der Waals surface area contributed by atoms with Crippen LogP contribution in [0.15, 0.2) is 57.6 Å². The molecule has 1 aliphatic rings. The van der Waals surface area contributed by atoms with Crippen LogP contribution in [0, 0.1) is 5.82 Å². The maximum Gasteiger partial charge on any atom is 0.163 e. The Morgan fingerprint density at radius 2 is 2.00 bits per heavy atom. The maximum absolute atomic E-state index is 13.8. The molecule has 12 heteroatoms. The van der Waals surface area contributed by atoms with Crippen molar-refractivity contribution in [2.24, 2.45) is 0 Å². The number of aromatic nitrogens is 3. The van der Waals surface area contributed by atoms with Gasteiger partial charge in [0.2, 0.25) is 0 Å². The Bertz CT molecular complexity index is 1790. The summed E-state index contributed by atoms with van der Waals surface area (Å²) in [6.07, 6.45) is 4.61. The van der Waals surface area contributed by atoms with Crippen molar-refractivity contribution in [1.29, 1.82) is 0 Å². The van der Waals surface area contributed by atoms with Crippen molar-refractivity contribution in [2.75, 3.05) is 31.8 Å². The Kier molecular flexibility index (Phi) is 8.53. The van der Waals surface area contributed by atoms with E-state index in [1.165, 1.54) is 12.1 Å². The lowest BCUT2D eigenvalue weighted by Crippen LogP contribution is -2.09. The van der Waals surface area contributed by atoms with Crippen LogP contribution in [-0.2, 0) is 23.1 Å². The normalized spacial score (nSPS) is 14.2. The third-order valence-corrected chi connectivity index (χ3v) is 9.29. The van der Waals surface area contributed by atoms with Crippen LogP contribution in [0.3, 0.4) is 0 Å². The van der Waals surface area contributed by atoms with Crippen LogP contribution in [0.4, 0.5) is 15.9 Å². The third kappa shape index (κ3) is 6.34. The first-order chi connectivity index (χ1) is 20.3. The van der Waals surface area contributed by atoms with Gasteiger partial charge in [0.15, 0.2) is 5.82 Å². The van der Waals surface area contributed by atoms with Crippen molar-refractivity contribution in [3.05, 3.63) is 75.5 Å². The maximum atomic E-state index is 13.8. The number of benzene rings is 2. The van der Waals surface area contributed by atoms with Crippen molar-refractivity contribution in [1.82, 2.24) is 19.7 Å². The smallest absolute Gasteiger partial charge is 0.163 e. The van der Waals surface area contributed by atoms with Gasteiger partial charge in [-0.05, 0) is 91.8 Å². The number of anilines is 2. The average Bonchev–Trinajstić information content (AvgIpc) is 3.60. The summed E-state index contributed by atoms with van der Waals surface area (Å²) >= 11 is 9.72. The summed E-state index contributed by atoms with van der Waals surface area (Å²) < 4.78 is 41.5. The molecular formula is C30H30BrClFN5O3S. The zero-order valence-corrected chi connectivity index (χ0v) is 26.4. The Balaban J connectivity index is 1.20. The van der Waals surface area contributed by atoms with Crippen LogP contribution in [0.2, 0.25) is 5.02 Å². The molecule has 1 aliphatic carbocycles. The highest BCUT2D eigenvalue weighted by molar-refractivity contribution is 9.10.